The van der Waals surface area contributed by atoms with Crippen molar-refractivity contribution >= 4 is 28.9 Å². The molecule has 0 spiro atoms. The van der Waals surface area contributed by atoms with Gasteiger partial charge in [-0.15, -0.1) is 0 Å². The fraction of sp³-hybridized carbons (Fsp3) is 0.379. The maximum absolute atomic E-state index is 14.5. The molecule has 1 aliphatic carbocycles. The Morgan fingerprint density at radius 3 is 2.53 bits per heavy atom. The molecule has 2 aromatic carbocycles. The predicted octanol–water partition coefficient (Wildman–Crippen LogP) is 5.45. The topological polar surface area (TPSA) is 71.8 Å². The van der Waals surface area contributed by atoms with E-state index in [1.165, 1.54) is 24.1 Å². The van der Waals surface area contributed by atoms with Crippen molar-refractivity contribution in [1.82, 2.24) is 9.47 Å². The summed E-state index contributed by atoms with van der Waals surface area (Å²) in [7, 11) is 0. The van der Waals surface area contributed by atoms with Gasteiger partial charge in [-0.25, -0.2) is 9.18 Å². The first kappa shape index (κ1) is 23.0. The van der Waals surface area contributed by atoms with Crippen LogP contribution in [0.5, 0.6) is 0 Å². The number of fused-ring (bicyclic) bond motifs is 5. The SMILES string of the molecule is O=C(O)c1ccc2c(C3CCCCC3)c3n(c2c1)CC(C(=O)N1CCOCC1)=Cc1cc(F)ccc1-3. The lowest BCUT2D eigenvalue weighted by Gasteiger charge is -2.28. The molecule has 1 saturated carbocycles. The number of ether oxygens (including phenoxy) is 1. The lowest BCUT2D eigenvalue weighted by molar-refractivity contribution is -0.131. The van der Waals surface area contributed by atoms with Crippen molar-refractivity contribution < 1.29 is 23.8 Å². The summed E-state index contributed by atoms with van der Waals surface area (Å²) in [5.74, 6) is -1.08. The first-order valence-corrected chi connectivity index (χ1v) is 12.8. The molecular weight excluding hydrogens is 459 g/mol. The van der Waals surface area contributed by atoms with Gasteiger partial charge in [-0.1, -0.05) is 25.3 Å². The molecule has 3 aromatic rings. The smallest absolute Gasteiger partial charge is 0.335 e. The predicted molar refractivity (Wildman–Crippen MR) is 135 cm³/mol. The highest BCUT2D eigenvalue weighted by molar-refractivity contribution is 6.03. The Morgan fingerprint density at radius 2 is 1.78 bits per heavy atom. The van der Waals surface area contributed by atoms with Gasteiger partial charge in [0.15, 0.2) is 0 Å². The first-order valence-electron chi connectivity index (χ1n) is 12.8. The third kappa shape index (κ3) is 3.91. The van der Waals surface area contributed by atoms with Crippen LogP contribution in [0.3, 0.4) is 0 Å². The summed E-state index contributed by atoms with van der Waals surface area (Å²) >= 11 is 0. The van der Waals surface area contributed by atoms with Crippen LogP contribution in [-0.2, 0) is 16.1 Å². The van der Waals surface area contributed by atoms with E-state index >= 15 is 0 Å². The molecule has 1 aromatic heterocycles. The number of carbonyl (C=O) groups excluding carboxylic acids is 1. The monoisotopic (exact) mass is 488 g/mol. The molecule has 186 valence electrons. The molecule has 2 fully saturated rings. The van der Waals surface area contributed by atoms with E-state index < -0.39 is 5.97 Å². The van der Waals surface area contributed by atoms with Crippen molar-refractivity contribution in [1.29, 1.82) is 0 Å². The minimum atomic E-state index is -0.983. The van der Waals surface area contributed by atoms with Crippen molar-refractivity contribution in [2.24, 2.45) is 0 Å². The number of aromatic carboxylic acids is 1. The van der Waals surface area contributed by atoms with Gasteiger partial charge >= 0.3 is 5.97 Å². The van der Waals surface area contributed by atoms with Crippen molar-refractivity contribution in [3.63, 3.8) is 0 Å². The number of hydrogen-bond acceptors (Lipinski definition) is 3. The van der Waals surface area contributed by atoms with Gasteiger partial charge in [-0.2, -0.15) is 0 Å². The van der Waals surface area contributed by atoms with Crippen LogP contribution in [0, 0.1) is 5.82 Å². The Hall–Kier alpha value is -3.45. The van der Waals surface area contributed by atoms with E-state index in [4.69, 9.17) is 4.74 Å². The Labute approximate surface area is 209 Å². The van der Waals surface area contributed by atoms with Gasteiger partial charge in [0.25, 0.3) is 5.91 Å². The Morgan fingerprint density at radius 1 is 1.00 bits per heavy atom. The molecule has 6 rings (SSSR count). The average Bonchev–Trinajstić information content (AvgIpc) is 3.12. The van der Waals surface area contributed by atoms with E-state index in [1.807, 2.05) is 12.1 Å². The number of nitrogens with zero attached hydrogens (tertiary/aromatic N) is 2. The summed E-state index contributed by atoms with van der Waals surface area (Å²) in [6.45, 7) is 2.32. The zero-order valence-electron chi connectivity index (χ0n) is 20.1. The van der Waals surface area contributed by atoms with E-state index in [0.717, 1.165) is 47.8 Å². The van der Waals surface area contributed by atoms with Gasteiger partial charge in [0.05, 0.1) is 31.0 Å². The number of hydrogen-bond donors (Lipinski definition) is 1. The van der Waals surface area contributed by atoms with Crippen LogP contribution in [-0.4, -0.2) is 52.8 Å². The molecule has 0 radical (unpaired) electrons. The average molecular weight is 489 g/mol. The quantitative estimate of drug-likeness (QED) is 0.532. The highest BCUT2D eigenvalue weighted by Crippen LogP contribution is 2.46. The number of amides is 1. The highest BCUT2D eigenvalue weighted by atomic mass is 19.1. The van der Waals surface area contributed by atoms with E-state index in [9.17, 15) is 19.1 Å². The minimum absolute atomic E-state index is 0.0863. The Balaban J connectivity index is 1.60. The molecule has 7 heteroatoms. The number of aromatic nitrogens is 1. The molecule has 1 saturated heterocycles. The number of rotatable bonds is 3. The van der Waals surface area contributed by atoms with E-state index in [0.29, 0.717) is 49.9 Å². The summed E-state index contributed by atoms with van der Waals surface area (Å²) in [6.07, 6.45) is 7.47. The fourth-order valence-electron chi connectivity index (χ4n) is 6.14. The zero-order valence-corrected chi connectivity index (χ0v) is 20.1. The van der Waals surface area contributed by atoms with Crippen molar-refractivity contribution in [3.8, 4) is 11.3 Å². The molecule has 2 aliphatic heterocycles. The van der Waals surface area contributed by atoms with Crippen LogP contribution in [0.1, 0.15) is 59.5 Å². The molecule has 6 nitrogen and oxygen atoms in total. The molecule has 1 N–H and O–H groups in total. The van der Waals surface area contributed by atoms with Crippen LogP contribution in [0.25, 0.3) is 28.2 Å². The van der Waals surface area contributed by atoms with Crippen molar-refractivity contribution in [2.75, 3.05) is 26.3 Å². The largest absolute Gasteiger partial charge is 0.478 e. The maximum Gasteiger partial charge on any atom is 0.335 e. The van der Waals surface area contributed by atoms with E-state index in [2.05, 4.69) is 4.57 Å². The number of benzene rings is 2. The number of carboxylic acid groups (broad SMARTS) is 1. The van der Waals surface area contributed by atoms with E-state index in [1.54, 1.807) is 23.1 Å². The second-order valence-corrected chi connectivity index (χ2v) is 10.0. The summed E-state index contributed by atoms with van der Waals surface area (Å²) < 4.78 is 22.0. The third-order valence-corrected chi connectivity index (χ3v) is 7.86. The maximum atomic E-state index is 14.5. The second kappa shape index (κ2) is 9.21. The lowest BCUT2D eigenvalue weighted by atomic mass is 9.81. The summed E-state index contributed by atoms with van der Waals surface area (Å²) in [5.41, 5.74) is 5.34. The normalized spacial score (nSPS) is 18.4. The number of halogens is 1. The molecule has 1 amide bonds. The van der Waals surface area contributed by atoms with Crippen LogP contribution < -0.4 is 0 Å². The zero-order chi connectivity index (χ0) is 24.8. The van der Waals surface area contributed by atoms with Gasteiger partial charge < -0.3 is 19.3 Å². The van der Waals surface area contributed by atoms with Crippen LogP contribution >= 0.6 is 0 Å². The molecule has 36 heavy (non-hydrogen) atoms. The van der Waals surface area contributed by atoms with Crippen molar-refractivity contribution in [2.45, 2.75) is 44.6 Å². The standard InChI is InChI=1S/C29H29FN2O4/c30-22-7-9-23-20(15-22)14-21(28(33)31-10-12-36-13-11-31)17-32-25-16-19(29(34)35)6-8-24(25)26(27(23)32)18-4-2-1-3-5-18/h6-9,14-16,18H,1-5,10-13,17H2,(H,34,35). The van der Waals surface area contributed by atoms with E-state index in [-0.39, 0.29) is 17.3 Å². The highest BCUT2D eigenvalue weighted by Gasteiger charge is 2.31. The summed E-state index contributed by atoms with van der Waals surface area (Å²) in [6, 6.07) is 10.1. The molecule has 3 heterocycles. The van der Waals surface area contributed by atoms with Crippen LogP contribution in [0.2, 0.25) is 0 Å². The van der Waals surface area contributed by atoms with Gasteiger partial charge in [-0.05, 0) is 66.3 Å². The van der Waals surface area contributed by atoms with Crippen LogP contribution in [0.15, 0.2) is 42.0 Å². The number of morpholine rings is 1. The van der Waals surface area contributed by atoms with Gasteiger partial charge in [0, 0.05) is 35.1 Å². The van der Waals surface area contributed by atoms with Crippen molar-refractivity contribution in [3.05, 3.63) is 64.5 Å². The van der Waals surface area contributed by atoms with Gasteiger partial charge in [-0.3, -0.25) is 4.79 Å². The Bertz CT molecular complexity index is 1390. The lowest BCUT2D eigenvalue weighted by Crippen LogP contribution is -2.41. The third-order valence-electron chi connectivity index (χ3n) is 7.86. The second-order valence-electron chi connectivity index (χ2n) is 10.0. The summed E-state index contributed by atoms with van der Waals surface area (Å²) in [5, 5.41) is 10.7. The molecule has 0 unspecified atom stereocenters. The number of carbonyl (C=O) groups is 2. The Kier molecular flexibility index (Phi) is 5.88. The van der Waals surface area contributed by atoms with Gasteiger partial charge in [0.1, 0.15) is 5.82 Å². The molecule has 3 aliphatic rings. The first-order chi connectivity index (χ1) is 17.5. The van der Waals surface area contributed by atoms with Crippen LogP contribution in [0.4, 0.5) is 4.39 Å². The summed E-state index contributed by atoms with van der Waals surface area (Å²) in [4.78, 5) is 27.3. The molecular formula is C29H29FN2O4. The fourth-order valence-corrected chi connectivity index (χ4v) is 6.14. The van der Waals surface area contributed by atoms with Gasteiger partial charge in [0.2, 0.25) is 0 Å². The molecule has 0 atom stereocenters. The molecule has 0 bridgehead atoms. The number of carboxylic acids is 1. The minimum Gasteiger partial charge on any atom is -0.478 e.